The van der Waals surface area contributed by atoms with Gasteiger partial charge in [0.2, 0.25) is 0 Å². The monoisotopic (exact) mass is 310 g/mol. The summed E-state index contributed by atoms with van der Waals surface area (Å²) in [5.74, 6) is -0.355. The number of allylic oxidation sites excluding steroid dienone is 2. The fourth-order valence-corrected chi connectivity index (χ4v) is 1.36. The average molecular weight is 310 g/mol. The fraction of sp³-hybridized carbons (Fsp3) is 0.667. The van der Waals surface area contributed by atoms with Crippen LogP contribution in [0.5, 0.6) is 0 Å². The Labute approximate surface area is 134 Å². The second-order valence-electron chi connectivity index (χ2n) is 7.07. The van der Waals surface area contributed by atoms with E-state index in [1.807, 2.05) is 27.7 Å². The zero-order valence-electron chi connectivity index (χ0n) is 15.1. The van der Waals surface area contributed by atoms with Crippen molar-refractivity contribution >= 4 is 11.9 Å². The molecule has 0 heterocycles. The van der Waals surface area contributed by atoms with E-state index < -0.39 is 23.1 Å². The first kappa shape index (κ1) is 20.4. The Balaban J connectivity index is 4.86. The van der Waals surface area contributed by atoms with Gasteiger partial charge in [-0.15, -0.1) is 0 Å². The average Bonchev–Trinajstić information content (AvgIpc) is 2.32. The SMILES string of the molecule is CC(C)/C=C/C(=O)OC(C)(C)C(C)(C)OC(=O)/C=C/C(C)C. The number of ether oxygens (including phenoxy) is 2. The summed E-state index contributed by atoms with van der Waals surface area (Å²) in [7, 11) is 0. The van der Waals surface area contributed by atoms with Gasteiger partial charge in [0.25, 0.3) is 0 Å². The Morgan fingerprint density at radius 3 is 1.23 bits per heavy atom. The lowest BCUT2D eigenvalue weighted by Gasteiger charge is -2.39. The Morgan fingerprint density at radius 1 is 0.727 bits per heavy atom. The van der Waals surface area contributed by atoms with Gasteiger partial charge < -0.3 is 9.47 Å². The molecule has 0 atom stereocenters. The maximum Gasteiger partial charge on any atom is 0.331 e. The van der Waals surface area contributed by atoms with Crippen LogP contribution in [0.1, 0.15) is 55.4 Å². The highest BCUT2D eigenvalue weighted by atomic mass is 16.6. The molecule has 0 unspecified atom stereocenters. The van der Waals surface area contributed by atoms with Gasteiger partial charge >= 0.3 is 11.9 Å². The highest BCUT2D eigenvalue weighted by molar-refractivity contribution is 5.83. The first-order valence-electron chi connectivity index (χ1n) is 7.69. The first-order valence-corrected chi connectivity index (χ1v) is 7.69. The molecule has 0 fully saturated rings. The van der Waals surface area contributed by atoms with Gasteiger partial charge in [0.05, 0.1) is 0 Å². The Bertz CT molecular complexity index is 398. The third-order valence-electron chi connectivity index (χ3n) is 3.40. The zero-order valence-corrected chi connectivity index (χ0v) is 15.1. The first-order chi connectivity index (χ1) is 9.87. The number of rotatable bonds is 7. The molecule has 22 heavy (non-hydrogen) atoms. The summed E-state index contributed by atoms with van der Waals surface area (Å²) >= 11 is 0. The van der Waals surface area contributed by atoms with E-state index in [4.69, 9.17) is 9.47 Å². The van der Waals surface area contributed by atoms with Crippen molar-refractivity contribution in [2.45, 2.75) is 66.6 Å². The van der Waals surface area contributed by atoms with E-state index in [-0.39, 0.29) is 11.8 Å². The molecule has 0 aliphatic rings. The van der Waals surface area contributed by atoms with Crippen molar-refractivity contribution in [3.05, 3.63) is 24.3 Å². The van der Waals surface area contributed by atoms with Crippen molar-refractivity contribution in [1.29, 1.82) is 0 Å². The minimum absolute atomic E-state index is 0.266. The van der Waals surface area contributed by atoms with E-state index in [0.29, 0.717) is 0 Å². The fourth-order valence-electron chi connectivity index (χ4n) is 1.36. The molecule has 4 nitrogen and oxygen atoms in total. The molecule has 0 spiro atoms. The number of hydrogen-bond acceptors (Lipinski definition) is 4. The topological polar surface area (TPSA) is 52.6 Å². The zero-order chi connectivity index (χ0) is 17.6. The molecule has 0 bridgehead atoms. The Hall–Kier alpha value is -1.58. The molecule has 0 saturated heterocycles. The van der Waals surface area contributed by atoms with Crippen LogP contribution in [0, 0.1) is 11.8 Å². The number of carbonyl (C=O) groups is 2. The lowest BCUT2D eigenvalue weighted by molar-refractivity contribution is -0.192. The molecule has 0 saturated carbocycles. The lowest BCUT2D eigenvalue weighted by atomic mass is 9.89. The van der Waals surface area contributed by atoms with Crippen molar-refractivity contribution in [3.63, 3.8) is 0 Å². The van der Waals surface area contributed by atoms with E-state index in [2.05, 4.69) is 0 Å². The van der Waals surface area contributed by atoms with Gasteiger partial charge in [-0.3, -0.25) is 0 Å². The molecular formula is C18H30O4. The molecule has 0 radical (unpaired) electrons. The van der Waals surface area contributed by atoms with Gasteiger partial charge in [0, 0.05) is 12.2 Å². The van der Waals surface area contributed by atoms with E-state index in [1.54, 1.807) is 39.8 Å². The molecule has 0 aromatic heterocycles. The van der Waals surface area contributed by atoms with Gasteiger partial charge in [-0.2, -0.15) is 0 Å². The summed E-state index contributed by atoms with van der Waals surface area (Å²) in [4.78, 5) is 23.7. The van der Waals surface area contributed by atoms with Crippen molar-refractivity contribution in [2.24, 2.45) is 11.8 Å². The third kappa shape index (κ3) is 7.43. The molecule has 0 N–H and O–H groups in total. The van der Waals surface area contributed by atoms with Gasteiger partial charge in [-0.1, -0.05) is 39.8 Å². The normalized spacial score (nSPS) is 13.4. The molecule has 0 rings (SSSR count). The second-order valence-corrected chi connectivity index (χ2v) is 7.07. The van der Waals surface area contributed by atoms with Gasteiger partial charge in [-0.05, 0) is 39.5 Å². The minimum atomic E-state index is -0.952. The molecule has 0 aromatic rings. The predicted octanol–water partition coefficient (Wildman–Crippen LogP) is 4.05. The van der Waals surface area contributed by atoms with Gasteiger partial charge in [0.15, 0.2) is 0 Å². The van der Waals surface area contributed by atoms with Gasteiger partial charge in [-0.25, -0.2) is 9.59 Å². The van der Waals surface area contributed by atoms with E-state index in [0.717, 1.165) is 0 Å². The largest absolute Gasteiger partial charge is 0.452 e. The van der Waals surface area contributed by atoms with Crippen LogP contribution in [-0.4, -0.2) is 23.1 Å². The van der Waals surface area contributed by atoms with Crippen molar-refractivity contribution < 1.29 is 19.1 Å². The van der Waals surface area contributed by atoms with Crippen LogP contribution in [0.2, 0.25) is 0 Å². The van der Waals surface area contributed by atoms with Crippen LogP contribution in [-0.2, 0) is 19.1 Å². The quantitative estimate of drug-likeness (QED) is 0.526. The van der Waals surface area contributed by atoms with Crippen molar-refractivity contribution in [2.75, 3.05) is 0 Å². The van der Waals surface area contributed by atoms with Crippen LogP contribution in [0.25, 0.3) is 0 Å². The summed E-state index contributed by atoms with van der Waals surface area (Å²) in [6, 6.07) is 0. The van der Waals surface area contributed by atoms with E-state index in [9.17, 15) is 9.59 Å². The van der Waals surface area contributed by atoms with Crippen LogP contribution in [0.3, 0.4) is 0 Å². The maximum atomic E-state index is 11.8. The molecule has 0 amide bonds. The highest BCUT2D eigenvalue weighted by Crippen LogP contribution is 2.29. The predicted molar refractivity (Wildman–Crippen MR) is 88.3 cm³/mol. The van der Waals surface area contributed by atoms with Crippen molar-refractivity contribution in [1.82, 2.24) is 0 Å². The van der Waals surface area contributed by atoms with E-state index >= 15 is 0 Å². The molecule has 126 valence electrons. The smallest absolute Gasteiger partial charge is 0.331 e. The maximum absolute atomic E-state index is 11.8. The summed E-state index contributed by atoms with van der Waals surface area (Å²) in [6.07, 6.45) is 6.34. The summed E-state index contributed by atoms with van der Waals surface area (Å²) in [5.41, 5.74) is -1.90. The molecule has 0 aliphatic carbocycles. The highest BCUT2D eigenvalue weighted by Gasteiger charge is 2.43. The summed E-state index contributed by atoms with van der Waals surface area (Å²) in [5, 5.41) is 0. The standard InChI is InChI=1S/C18H30O4/c1-13(2)9-11-15(19)21-17(5,6)18(7,8)22-16(20)12-10-14(3)4/h9-14H,1-8H3/b11-9+,12-10+. The third-order valence-corrected chi connectivity index (χ3v) is 3.40. The Morgan fingerprint density at radius 2 is 1.00 bits per heavy atom. The molecule has 0 aliphatic heterocycles. The molecule has 0 aromatic carbocycles. The van der Waals surface area contributed by atoms with Crippen LogP contribution >= 0.6 is 0 Å². The van der Waals surface area contributed by atoms with Crippen molar-refractivity contribution in [3.8, 4) is 0 Å². The van der Waals surface area contributed by atoms with Gasteiger partial charge in [0.1, 0.15) is 11.2 Å². The summed E-state index contributed by atoms with van der Waals surface area (Å²) in [6.45, 7) is 14.8. The van der Waals surface area contributed by atoms with Crippen LogP contribution < -0.4 is 0 Å². The second kappa shape index (κ2) is 8.16. The summed E-state index contributed by atoms with van der Waals surface area (Å²) < 4.78 is 10.9. The van der Waals surface area contributed by atoms with Crippen LogP contribution in [0.4, 0.5) is 0 Å². The number of hydrogen-bond donors (Lipinski definition) is 0. The lowest BCUT2D eigenvalue weighted by Crippen LogP contribution is -2.51. The number of carbonyl (C=O) groups excluding carboxylic acids is 2. The molecule has 4 heteroatoms. The minimum Gasteiger partial charge on any atom is -0.452 e. The Kier molecular flexibility index (Phi) is 7.57. The van der Waals surface area contributed by atoms with E-state index in [1.165, 1.54) is 12.2 Å². The van der Waals surface area contributed by atoms with Crippen LogP contribution in [0.15, 0.2) is 24.3 Å². The molecular weight excluding hydrogens is 280 g/mol. The number of esters is 2.